The lowest BCUT2D eigenvalue weighted by Crippen LogP contribution is -2.22. The highest BCUT2D eigenvalue weighted by Crippen LogP contribution is 2.29. The molecule has 0 aliphatic heterocycles. The lowest BCUT2D eigenvalue weighted by molar-refractivity contribution is -0.0162. The summed E-state index contributed by atoms with van der Waals surface area (Å²) in [4.78, 5) is 0. The first-order chi connectivity index (χ1) is 6.56. The first-order valence-corrected chi connectivity index (χ1v) is 4.81. The third-order valence-corrected chi connectivity index (χ3v) is 2.35. The van der Waals surface area contributed by atoms with E-state index in [4.69, 9.17) is 10.2 Å². The maximum Gasteiger partial charge on any atom is 0.121 e. The van der Waals surface area contributed by atoms with Crippen molar-refractivity contribution < 1.29 is 20.4 Å². The van der Waals surface area contributed by atoms with E-state index in [1.807, 2.05) is 0 Å². The average Bonchev–Trinajstić information content (AvgIpc) is 2.19. The van der Waals surface area contributed by atoms with Crippen molar-refractivity contribution >= 4 is 15.9 Å². The van der Waals surface area contributed by atoms with Gasteiger partial charge in [0.1, 0.15) is 18.0 Å². The summed E-state index contributed by atoms with van der Waals surface area (Å²) in [7, 11) is 0. The van der Waals surface area contributed by atoms with Crippen LogP contribution in [-0.2, 0) is 0 Å². The number of phenolic OH excluding ortho intramolecular Hbond substituents is 1. The zero-order chi connectivity index (χ0) is 10.7. The maximum atomic E-state index is 9.50. The van der Waals surface area contributed by atoms with Gasteiger partial charge in [-0.05, 0) is 18.2 Å². The molecule has 0 saturated heterocycles. The van der Waals surface area contributed by atoms with Gasteiger partial charge in [-0.3, -0.25) is 0 Å². The first-order valence-electron chi connectivity index (χ1n) is 4.01. The van der Waals surface area contributed by atoms with Crippen molar-refractivity contribution in [3.05, 3.63) is 28.2 Å². The third-order valence-electron chi connectivity index (χ3n) is 1.86. The van der Waals surface area contributed by atoms with Crippen LogP contribution in [0, 0.1) is 0 Å². The average molecular weight is 263 g/mol. The van der Waals surface area contributed by atoms with E-state index in [2.05, 4.69) is 15.9 Å². The van der Waals surface area contributed by atoms with Crippen molar-refractivity contribution in [1.82, 2.24) is 0 Å². The normalized spacial score (nSPS) is 15.1. The van der Waals surface area contributed by atoms with Crippen molar-refractivity contribution in [2.75, 3.05) is 6.61 Å². The van der Waals surface area contributed by atoms with Gasteiger partial charge in [0.05, 0.1) is 6.61 Å². The molecule has 1 aromatic rings. The molecule has 4 N–H and O–H groups in total. The molecule has 0 saturated carbocycles. The summed E-state index contributed by atoms with van der Waals surface area (Å²) < 4.78 is 0.675. The predicted molar refractivity (Wildman–Crippen MR) is 53.9 cm³/mol. The third kappa shape index (κ3) is 2.45. The van der Waals surface area contributed by atoms with Crippen LogP contribution in [0.5, 0.6) is 5.75 Å². The van der Waals surface area contributed by atoms with E-state index in [9.17, 15) is 10.2 Å². The molecule has 0 aliphatic rings. The van der Waals surface area contributed by atoms with Crippen LogP contribution in [0.3, 0.4) is 0 Å². The molecule has 0 bridgehead atoms. The highest BCUT2D eigenvalue weighted by molar-refractivity contribution is 9.10. The van der Waals surface area contributed by atoms with Crippen molar-refractivity contribution in [3.8, 4) is 5.75 Å². The molecule has 0 radical (unpaired) electrons. The smallest absolute Gasteiger partial charge is 0.121 e. The molecule has 0 aliphatic carbocycles. The van der Waals surface area contributed by atoms with E-state index in [-0.39, 0.29) is 11.3 Å². The summed E-state index contributed by atoms with van der Waals surface area (Å²) in [6.07, 6.45) is -2.59. The number of aliphatic hydroxyl groups is 3. The van der Waals surface area contributed by atoms with Gasteiger partial charge in [-0.15, -0.1) is 0 Å². The zero-order valence-corrected chi connectivity index (χ0v) is 8.85. The zero-order valence-electron chi connectivity index (χ0n) is 7.26. The molecule has 5 heteroatoms. The molecule has 2 atom stereocenters. The number of phenols is 1. The number of hydrogen-bond acceptors (Lipinski definition) is 4. The Bertz CT molecular complexity index is 316. The SMILES string of the molecule is OCC(O)C(O)c1cc(Br)ccc1O. The summed E-state index contributed by atoms with van der Waals surface area (Å²) in [6.45, 7) is -0.562. The summed E-state index contributed by atoms with van der Waals surface area (Å²) in [6, 6.07) is 4.49. The molecule has 0 amide bonds. The Labute approximate surface area is 89.6 Å². The molecule has 0 heterocycles. The van der Waals surface area contributed by atoms with Gasteiger partial charge in [-0.1, -0.05) is 15.9 Å². The molecule has 0 aromatic heterocycles. The molecule has 0 spiro atoms. The van der Waals surface area contributed by atoms with Gasteiger partial charge in [-0.2, -0.15) is 0 Å². The predicted octanol–water partition coefficient (Wildman–Crippen LogP) is 0.541. The van der Waals surface area contributed by atoms with Gasteiger partial charge in [0.15, 0.2) is 0 Å². The van der Waals surface area contributed by atoms with Crippen LogP contribution in [0.4, 0.5) is 0 Å². The van der Waals surface area contributed by atoms with Crippen LogP contribution in [0.2, 0.25) is 0 Å². The minimum atomic E-state index is -1.30. The molecule has 1 aromatic carbocycles. The molecule has 1 rings (SSSR count). The second kappa shape index (κ2) is 4.75. The van der Waals surface area contributed by atoms with Crippen molar-refractivity contribution in [2.45, 2.75) is 12.2 Å². The fourth-order valence-electron chi connectivity index (χ4n) is 1.07. The Morgan fingerprint density at radius 3 is 2.50 bits per heavy atom. The first kappa shape index (κ1) is 11.5. The van der Waals surface area contributed by atoms with Crippen LogP contribution in [0.15, 0.2) is 22.7 Å². The lowest BCUT2D eigenvalue weighted by atomic mass is 10.0. The highest BCUT2D eigenvalue weighted by atomic mass is 79.9. The van der Waals surface area contributed by atoms with Gasteiger partial charge in [-0.25, -0.2) is 0 Å². The minimum absolute atomic E-state index is 0.117. The fraction of sp³-hybridized carbons (Fsp3) is 0.333. The molecule has 14 heavy (non-hydrogen) atoms. The Kier molecular flexibility index (Phi) is 3.88. The monoisotopic (exact) mass is 262 g/mol. The van der Waals surface area contributed by atoms with E-state index in [1.54, 1.807) is 6.07 Å². The van der Waals surface area contributed by atoms with E-state index < -0.39 is 18.8 Å². The van der Waals surface area contributed by atoms with E-state index in [0.29, 0.717) is 4.47 Å². The second-order valence-corrected chi connectivity index (χ2v) is 3.81. The van der Waals surface area contributed by atoms with Gasteiger partial charge in [0.25, 0.3) is 0 Å². The Balaban J connectivity index is 2.99. The topological polar surface area (TPSA) is 80.9 Å². The van der Waals surface area contributed by atoms with Crippen molar-refractivity contribution in [1.29, 1.82) is 0 Å². The number of rotatable bonds is 3. The summed E-state index contributed by atoms with van der Waals surface area (Å²) >= 11 is 3.17. The highest BCUT2D eigenvalue weighted by Gasteiger charge is 2.20. The van der Waals surface area contributed by atoms with Crippen LogP contribution in [0.1, 0.15) is 11.7 Å². The van der Waals surface area contributed by atoms with Gasteiger partial charge >= 0.3 is 0 Å². The maximum absolute atomic E-state index is 9.50. The molecular weight excluding hydrogens is 252 g/mol. The van der Waals surface area contributed by atoms with Crippen LogP contribution >= 0.6 is 15.9 Å². The van der Waals surface area contributed by atoms with Gasteiger partial charge in [0, 0.05) is 10.0 Å². The summed E-state index contributed by atoms with van der Waals surface area (Å²) in [5, 5.41) is 36.7. The molecule has 4 nitrogen and oxygen atoms in total. The van der Waals surface area contributed by atoms with Crippen LogP contribution < -0.4 is 0 Å². The number of aliphatic hydroxyl groups excluding tert-OH is 3. The Hall–Kier alpha value is -0.620. The Morgan fingerprint density at radius 1 is 1.29 bits per heavy atom. The number of aromatic hydroxyl groups is 1. The lowest BCUT2D eigenvalue weighted by Gasteiger charge is -2.17. The molecule has 2 unspecified atom stereocenters. The number of hydrogen-bond donors (Lipinski definition) is 4. The number of halogens is 1. The van der Waals surface area contributed by atoms with Crippen molar-refractivity contribution in [3.63, 3.8) is 0 Å². The molecular formula is C9H11BrO4. The van der Waals surface area contributed by atoms with Crippen molar-refractivity contribution in [2.24, 2.45) is 0 Å². The molecule has 0 fully saturated rings. The van der Waals surface area contributed by atoms with E-state index in [1.165, 1.54) is 12.1 Å². The second-order valence-electron chi connectivity index (χ2n) is 2.90. The van der Waals surface area contributed by atoms with Gasteiger partial charge < -0.3 is 20.4 Å². The summed E-state index contributed by atoms with van der Waals surface area (Å²) in [5.41, 5.74) is 0.181. The largest absolute Gasteiger partial charge is 0.508 e. The quantitative estimate of drug-likeness (QED) is 0.641. The standard InChI is InChI=1S/C9H11BrO4/c10-5-1-2-7(12)6(3-5)9(14)8(13)4-11/h1-3,8-9,11-14H,4H2. The van der Waals surface area contributed by atoms with Crippen LogP contribution in [-0.4, -0.2) is 33.1 Å². The van der Waals surface area contributed by atoms with Gasteiger partial charge in [0.2, 0.25) is 0 Å². The van der Waals surface area contributed by atoms with E-state index >= 15 is 0 Å². The van der Waals surface area contributed by atoms with Crippen LogP contribution in [0.25, 0.3) is 0 Å². The Morgan fingerprint density at radius 2 is 1.93 bits per heavy atom. The summed E-state index contributed by atoms with van der Waals surface area (Å²) in [5.74, 6) is -0.117. The minimum Gasteiger partial charge on any atom is -0.508 e. The number of benzene rings is 1. The van der Waals surface area contributed by atoms with E-state index in [0.717, 1.165) is 0 Å². The fourth-order valence-corrected chi connectivity index (χ4v) is 1.45. The molecule has 78 valence electrons.